The van der Waals surface area contributed by atoms with Crippen molar-refractivity contribution < 1.29 is 9.63 Å². The van der Waals surface area contributed by atoms with Gasteiger partial charge in [0.25, 0.3) is 0 Å². The Bertz CT molecular complexity index is 888. The van der Waals surface area contributed by atoms with E-state index in [-0.39, 0.29) is 17.9 Å². The van der Waals surface area contributed by atoms with Gasteiger partial charge in [0.05, 0.1) is 12.3 Å². The van der Waals surface area contributed by atoms with E-state index in [2.05, 4.69) is 36.3 Å². The van der Waals surface area contributed by atoms with Crippen molar-refractivity contribution in [1.82, 2.24) is 4.90 Å². The topological polar surface area (TPSA) is 41.9 Å². The Hall–Kier alpha value is -2.33. The fraction of sp³-hybridized carbons (Fsp3) is 0.417. The maximum absolute atomic E-state index is 13.2. The zero-order valence-corrected chi connectivity index (χ0v) is 17.6. The molecule has 1 unspecified atom stereocenters. The number of amides is 1. The van der Waals surface area contributed by atoms with Crippen molar-refractivity contribution in [2.45, 2.75) is 51.7 Å². The smallest absolute Gasteiger partial charge is 0.226 e. The summed E-state index contributed by atoms with van der Waals surface area (Å²) in [6.45, 7) is 3.11. The number of carbonyl (C=O) groups excluding carboxylic acids is 1. The highest BCUT2D eigenvalue weighted by atomic mass is 35.5. The predicted molar refractivity (Wildman–Crippen MR) is 116 cm³/mol. The lowest BCUT2D eigenvalue weighted by Gasteiger charge is -2.28. The van der Waals surface area contributed by atoms with Gasteiger partial charge in [0.1, 0.15) is 0 Å². The van der Waals surface area contributed by atoms with Gasteiger partial charge < -0.3 is 9.74 Å². The average Bonchev–Trinajstić information content (AvgIpc) is 3.41. The minimum atomic E-state index is -0.126. The van der Waals surface area contributed by atoms with Crippen molar-refractivity contribution in [2.24, 2.45) is 11.1 Å². The van der Waals surface area contributed by atoms with Crippen LogP contribution in [0.4, 0.5) is 0 Å². The third kappa shape index (κ3) is 4.81. The monoisotopic (exact) mass is 410 g/mol. The first kappa shape index (κ1) is 20.0. The molecule has 0 N–H and O–H groups in total. The molecule has 1 amide bonds. The molecule has 1 atom stereocenters. The van der Waals surface area contributed by atoms with E-state index in [4.69, 9.17) is 16.4 Å². The third-order valence-electron chi connectivity index (χ3n) is 5.88. The number of hydrogen-bond donors (Lipinski definition) is 0. The van der Waals surface area contributed by atoms with Crippen LogP contribution in [0.3, 0.4) is 0 Å². The number of halogens is 1. The normalized spacial score (nSPS) is 19.1. The van der Waals surface area contributed by atoms with Crippen LogP contribution in [-0.2, 0) is 16.2 Å². The van der Waals surface area contributed by atoms with Crippen LogP contribution in [0.2, 0.25) is 5.02 Å². The average molecular weight is 411 g/mol. The van der Waals surface area contributed by atoms with E-state index in [1.54, 1.807) is 0 Å². The summed E-state index contributed by atoms with van der Waals surface area (Å²) in [4.78, 5) is 20.9. The minimum absolute atomic E-state index is 0.122. The van der Waals surface area contributed by atoms with Crippen LogP contribution in [0.1, 0.15) is 48.8 Å². The zero-order valence-electron chi connectivity index (χ0n) is 16.8. The number of carbonyl (C=O) groups is 1. The first-order valence-electron chi connectivity index (χ1n) is 10.4. The standard InChI is InChI=1S/C24H27ClN2O2/c1-17-10-12-18(13-11-17)23-14-21(29-26-23)16-27(24(28)19-6-2-3-7-19)15-20-8-4-5-9-22(20)25/h4-5,8-13,19,21H,2-3,6-7,14-16H2,1H3. The molecule has 2 aromatic rings. The molecule has 1 aliphatic carbocycles. The summed E-state index contributed by atoms with van der Waals surface area (Å²) < 4.78 is 0. The number of nitrogens with zero attached hydrogens (tertiary/aromatic N) is 2. The second kappa shape index (κ2) is 9.00. The third-order valence-corrected chi connectivity index (χ3v) is 6.25. The number of benzene rings is 2. The van der Waals surface area contributed by atoms with Gasteiger partial charge in [0.15, 0.2) is 6.10 Å². The van der Waals surface area contributed by atoms with Crippen LogP contribution in [0.25, 0.3) is 0 Å². The molecule has 0 aromatic heterocycles. The van der Waals surface area contributed by atoms with Crippen molar-refractivity contribution >= 4 is 23.2 Å². The molecule has 2 aromatic carbocycles. The fourth-order valence-electron chi connectivity index (χ4n) is 4.18. The number of rotatable bonds is 6. The quantitative estimate of drug-likeness (QED) is 0.643. The second-order valence-electron chi connectivity index (χ2n) is 8.13. The van der Waals surface area contributed by atoms with Gasteiger partial charge in [-0.25, -0.2) is 0 Å². The second-order valence-corrected chi connectivity index (χ2v) is 8.53. The van der Waals surface area contributed by atoms with Crippen LogP contribution in [-0.4, -0.2) is 29.2 Å². The Morgan fingerprint density at radius 1 is 1.14 bits per heavy atom. The fourth-order valence-corrected chi connectivity index (χ4v) is 4.38. The summed E-state index contributed by atoms with van der Waals surface area (Å²) in [6.07, 6.45) is 4.82. The molecule has 0 bridgehead atoms. The summed E-state index contributed by atoms with van der Waals surface area (Å²) >= 11 is 6.37. The number of aryl methyl sites for hydroxylation is 1. The van der Waals surface area contributed by atoms with Crippen LogP contribution in [0.15, 0.2) is 53.7 Å². The molecule has 4 rings (SSSR count). The van der Waals surface area contributed by atoms with Crippen LogP contribution in [0, 0.1) is 12.8 Å². The summed E-state index contributed by atoms with van der Waals surface area (Å²) in [5.41, 5.74) is 4.22. The zero-order chi connectivity index (χ0) is 20.2. The van der Waals surface area contributed by atoms with E-state index in [9.17, 15) is 4.79 Å². The van der Waals surface area contributed by atoms with Crippen LogP contribution in [0.5, 0.6) is 0 Å². The van der Waals surface area contributed by atoms with Crippen molar-refractivity contribution in [3.05, 3.63) is 70.2 Å². The van der Waals surface area contributed by atoms with Crippen molar-refractivity contribution in [1.29, 1.82) is 0 Å². The molecule has 4 nitrogen and oxygen atoms in total. The molecule has 152 valence electrons. The molecule has 0 radical (unpaired) electrons. The molecule has 1 heterocycles. The summed E-state index contributed by atoms with van der Waals surface area (Å²) in [5, 5.41) is 5.00. The molecule has 1 saturated carbocycles. The van der Waals surface area contributed by atoms with E-state index in [1.807, 2.05) is 29.2 Å². The molecule has 2 aliphatic rings. The Labute approximate surface area is 177 Å². The highest BCUT2D eigenvalue weighted by Crippen LogP contribution is 2.29. The van der Waals surface area contributed by atoms with Gasteiger partial charge in [-0.15, -0.1) is 0 Å². The lowest BCUT2D eigenvalue weighted by atomic mass is 10.0. The largest absolute Gasteiger partial charge is 0.390 e. The Balaban J connectivity index is 1.46. The lowest BCUT2D eigenvalue weighted by molar-refractivity contribution is -0.137. The summed E-state index contributed by atoms with van der Waals surface area (Å²) in [6, 6.07) is 16.1. The Kier molecular flexibility index (Phi) is 6.19. The van der Waals surface area contributed by atoms with Gasteiger partial charge in [0.2, 0.25) is 5.91 Å². The summed E-state index contributed by atoms with van der Waals surface area (Å²) in [7, 11) is 0. The van der Waals surface area contributed by atoms with Crippen LogP contribution >= 0.6 is 11.6 Å². The molecular weight excluding hydrogens is 384 g/mol. The van der Waals surface area contributed by atoms with Crippen molar-refractivity contribution in [3.63, 3.8) is 0 Å². The molecule has 5 heteroatoms. The van der Waals surface area contributed by atoms with E-state index in [1.165, 1.54) is 5.56 Å². The highest BCUT2D eigenvalue weighted by Gasteiger charge is 2.31. The SMILES string of the molecule is Cc1ccc(C2=NOC(CN(Cc3ccccc3Cl)C(=O)C3CCCC3)C2)cc1. The maximum Gasteiger partial charge on any atom is 0.226 e. The van der Waals surface area contributed by atoms with E-state index in [0.717, 1.165) is 42.5 Å². The predicted octanol–water partition coefficient (Wildman–Crippen LogP) is 5.36. The van der Waals surface area contributed by atoms with Gasteiger partial charge in [-0.3, -0.25) is 4.79 Å². The Morgan fingerprint density at radius 3 is 2.59 bits per heavy atom. The Morgan fingerprint density at radius 2 is 1.86 bits per heavy atom. The van der Waals surface area contributed by atoms with Gasteiger partial charge in [-0.2, -0.15) is 0 Å². The van der Waals surface area contributed by atoms with Gasteiger partial charge in [-0.05, 0) is 37.0 Å². The van der Waals surface area contributed by atoms with Gasteiger partial charge >= 0.3 is 0 Å². The molecule has 0 saturated heterocycles. The summed E-state index contributed by atoms with van der Waals surface area (Å²) in [5.74, 6) is 0.339. The molecule has 0 spiro atoms. The van der Waals surface area contributed by atoms with E-state index in [0.29, 0.717) is 24.5 Å². The van der Waals surface area contributed by atoms with Crippen molar-refractivity contribution in [3.8, 4) is 0 Å². The first-order valence-corrected chi connectivity index (χ1v) is 10.8. The van der Waals surface area contributed by atoms with Crippen LogP contribution < -0.4 is 0 Å². The number of oxime groups is 1. The number of hydrogen-bond acceptors (Lipinski definition) is 3. The highest BCUT2D eigenvalue weighted by molar-refractivity contribution is 6.31. The van der Waals surface area contributed by atoms with Gasteiger partial charge in [0, 0.05) is 23.9 Å². The minimum Gasteiger partial charge on any atom is -0.390 e. The first-order chi connectivity index (χ1) is 14.1. The lowest BCUT2D eigenvalue weighted by Crippen LogP contribution is -2.40. The molecular formula is C24H27ClN2O2. The van der Waals surface area contributed by atoms with Gasteiger partial charge in [-0.1, -0.05) is 77.6 Å². The molecule has 1 fully saturated rings. The van der Waals surface area contributed by atoms with Crippen molar-refractivity contribution in [2.75, 3.05) is 6.54 Å². The molecule has 29 heavy (non-hydrogen) atoms. The molecule has 1 aliphatic heterocycles. The van der Waals surface area contributed by atoms with E-state index >= 15 is 0 Å². The van der Waals surface area contributed by atoms with E-state index < -0.39 is 0 Å². The maximum atomic E-state index is 13.2.